The van der Waals surface area contributed by atoms with Gasteiger partial charge >= 0.3 is 0 Å². The lowest BCUT2D eigenvalue weighted by molar-refractivity contribution is 1.07. The molecule has 2 rings (SSSR count). The van der Waals surface area contributed by atoms with E-state index >= 15 is 0 Å². The lowest BCUT2D eigenvalue weighted by Crippen LogP contribution is -1.88. The third-order valence-corrected chi connectivity index (χ3v) is 3.56. The Hall–Kier alpha value is -0.850. The third kappa shape index (κ3) is 2.80. The first kappa shape index (κ1) is 10.7. The Labute approximate surface area is 100 Å². The zero-order valence-electron chi connectivity index (χ0n) is 7.55. The van der Waals surface area contributed by atoms with Crippen molar-refractivity contribution in [3.8, 4) is 0 Å². The molecule has 4 nitrogen and oxygen atoms in total. The molecule has 0 fully saturated rings. The number of nitrogens with zero attached hydrogens (tertiary/aromatic N) is 3. The largest absolute Gasteiger partial charge is 0.397 e. The van der Waals surface area contributed by atoms with Gasteiger partial charge in [0.15, 0.2) is 0 Å². The van der Waals surface area contributed by atoms with Crippen LogP contribution >= 0.6 is 34.9 Å². The van der Waals surface area contributed by atoms with Crippen molar-refractivity contribution in [1.82, 2.24) is 14.6 Å². The second kappa shape index (κ2) is 4.78. The highest BCUT2D eigenvalue weighted by Gasteiger charge is 2.06. The maximum atomic E-state index is 5.87. The van der Waals surface area contributed by atoms with Crippen LogP contribution in [-0.2, 0) is 5.75 Å². The second-order valence-corrected chi connectivity index (χ2v) is 5.06. The fourth-order valence-electron chi connectivity index (χ4n) is 0.903. The van der Waals surface area contributed by atoms with Gasteiger partial charge in [-0.15, -0.1) is 5.10 Å². The van der Waals surface area contributed by atoms with Gasteiger partial charge in [0.25, 0.3) is 0 Å². The van der Waals surface area contributed by atoms with Crippen molar-refractivity contribution in [1.29, 1.82) is 0 Å². The molecule has 78 valence electrons. The number of halogens is 1. The third-order valence-electron chi connectivity index (χ3n) is 1.63. The molecule has 0 bridgehead atoms. The van der Waals surface area contributed by atoms with E-state index in [-0.39, 0.29) is 0 Å². The number of hydrogen-bond donors (Lipinski definition) is 1. The Morgan fingerprint density at radius 3 is 2.93 bits per heavy atom. The SMILES string of the molecule is Nc1ccc(SCc2nnsc2Cl)nc1. The average molecular weight is 259 g/mol. The van der Waals surface area contributed by atoms with E-state index in [4.69, 9.17) is 17.3 Å². The topological polar surface area (TPSA) is 64.7 Å². The molecule has 0 unspecified atom stereocenters. The summed E-state index contributed by atoms with van der Waals surface area (Å²) in [6.07, 6.45) is 1.63. The molecule has 0 amide bonds. The Bertz CT molecular complexity index is 442. The molecular weight excluding hydrogens is 252 g/mol. The minimum atomic E-state index is 0.637. The number of anilines is 1. The molecular formula is C8H7ClN4S2. The quantitative estimate of drug-likeness (QED) is 0.857. The summed E-state index contributed by atoms with van der Waals surface area (Å²) in [5.41, 5.74) is 6.98. The van der Waals surface area contributed by atoms with Crippen molar-refractivity contribution in [2.45, 2.75) is 10.8 Å². The van der Waals surface area contributed by atoms with E-state index in [9.17, 15) is 0 Å². The van der Waals surface area contributed by atoms with Gasteiger partial charge in [-0.1, -0.05) is 27.9 Å². The summed E-state index contributed by atoms with van der Waals surface area (Å²) in [5, 5.41) is 4.81. The van der Waals surface area contributed by atoms with Crippen LogP contribution in [0.5, 0.6) is 0 Å². The normalized spacial score (nSPS) is 10.5. The molecule has 2 aromatic rings. The Morgan fingerprint density at radius 2 is 2.33 bits per heavy atom. The van der Waals surface area contributed by atoms with Crippen molar-refractivity contribution in [2.75, 3.05) is 5.73 Å². The summed E-state index contributed by atoms with van der Waals surface area (Å²) < 4.78 is 4.39. The first-order valence-corrected chi connectivity index (χ1v) is 6.20. The summed E-state index contributed by atoms with van der Waals surface area (Å²) in [5.74, 6) is 0.673. The van der Waals surface area contributed by atoms with Gasteiger partial charge in [-0.05, 0) is 12.1 Å². The highest BCUT2D eigenvalue weighted by Crippen LogP contribution is 2.25. The first-order chi connectivity index (χ1) is 7.25. The van der Waals surface area contributed by atoms with Crippen LogP contribution in [0.25, 0.3) is 0 Å². The van der Waals surface area contributed by atoms with Crippen LogP contribution in [0, 0.1) is 0 Å². The number of nitrogens with two attached hydrogens (primary N) is 1. The van der Waals surface area contributed by atoms with Gasteiger partial charge in [0.1, 0.15) is 10.0 Å². The first-order valence-electron chi connectivity index (χ1n) is 4.07. The van der Waals surface area contributed by atoms with Crippen LogP contribution in [0.3, 0.4) is 0 Å². The maximum absolute atomic E-state index is 5.87. The zero-order valence-corrected chi connectivity index (χ0v) is 9.94. The molecule has 0 aliphatic carbocycles. The maximum Gasteiger partial charge on any atom is 0.138 e. The van der Waals surface area contributed by atoms with Gasteiger partial charge in [0.05, 0.1) is 16.9 Å². The minimum absolute atomic E-state index is 0.637. The molecule has 0 aliphatic heterocycles. The number of thioether (sulfide) groups is 1. The molecule has 0 radical (unpaired) electrons. The number of rotatable bonds is 3. The number of aromatic nitrogens is 3. The molecule has 2 N–H and O–H groups in total. The van der Waals surface area contributed by atoms with Crippen molar-refractivity contribution >= 4 is 40.6 Å². The smallest absolute Gasteiger partial charge is 0.138 e. The molecule has 0 saturated heterocycles. The van der Waals surface area contributed by atoms with Gasteiger partial charge in [0.2, 0.25) is 0 Å². The molecule has 0 spiro atoms. The molecule has 15 heavy (non-hydrogen) atoms. The van der Waals surface area contributed by atoms with E-state index in [1.54, 1.807) is 18.0 Å². The fraction of sp³-hybridized carbons (Fsp3) is 0.125. The zero-order chi connectivity index (χ0) is 10.7. The van der Waals surface area contributed by atoms with Gasteiger partial charge in [-0.2, -0.15) is 0 Å². The Kier molecular flexibility index (Phi) is 3.40. The molecule has 0 saturated carbocycles. The Morgan fingerprint density at radius 1 is 1.47 bits per heavy atom. The van der Waals surface area contributed by atoms with E-state index in [1.165, 1.54) is 11.5 Å². The lowest BCUT2D eigenvalue weighted by atomic mass is 10.4. The predicted molar refractivity (Wildman–Crippen MR) is 63.1 cm³/mol. The number of nitrogen functional groups attached to an aromatic ring is 1. The highest BCUT2D eigenvalue weighted by atomic mass is 35.5. The summed E-state index contributed by atoms with van der Waals surface area (Å²) in [4.78, 5) is 4.16. The highest BCUT2D eigenvalue weighted by molar-refractivity contribution is 7.98. The molecule has 2 heterocycles. The van der Waals surface area contributed by atoms with Crippen LogP contribution in [-0.4, -0.2) is 14.6 Å². The van der Waals surface area contributed by atoms with Crippen molar-refractivity contribution in [3.05, 3.63) is 28.4 Å². The molecule has 2 aromatic heterocycles. The number of hydrogen-bond acceptors (Lipinski definition) is 6. The monoisotopic (exact) mass is 258 g/mol. The average Bonchev–Trinajstić information content (AvgIpc) is 2.63. The summed E-state index contributed by atoms with van der Waals surface area (Å²) in [7, 11) is 0. The number of pyridine rings is 1. The van der Waals surface area contributed by atoms with Gasteiger partial charge in [-0.25, -0.2) is 4.98 Å². The van der Waals surface area contributed by atoms with E-state index in [0.717, 1.165) is 10.7 Å². The van der Waals surface area contributed by atoms with Gasteiger partial charge in [-0.3, -0.25) is 0 Å². The summed E-state index contributed by atoms with van der Waals surface area (Å²) >= 11 is 8.62. The van der Waals surface area contributed by atoms with Crippen molar-refractivity contribution in [3.63, 3.8) is 0 Å². The lowest BCUT2D eigenvalue weighted by Gasteiger charge is -1.98. The molecule has 7 heteroatoms. The predicted octanol–water partition coefficient (Wildman–Crippen LogP) is 2.46. The van der Waals surface area contributed by atoms with E-state index in [2.05, 4.69) is 14.6 Å². The van der Waals surface area contributed by atoms with Crippen LogP contribution in [0.1, 0.15) is 5.69 Å². The van der Waals surface area contributed by atoms with Crippen LogP contribution in [0.2, 0.25) is 4.34 Å². The Balaban J connectivity index is 1.99. The summed E-state index contributed by atoms with van der Waals surface area (Å²) in [6.45, 7) is 0. The van der Waals surface area contributed by atoms with Crippen LogP contribution < -0.4 is 5.73 Å². The minimum Gasteiger partial charge on any atom is -0.397 e. The molecule has 0 atom stereocenters. The van der Waals surface area contributed by atoms with Crippen LogP contribution in [0.4, 0.5) is 5.69 Å². The molecule has 0 aliphatic rings. The van der Waals surface area contributed by atoms with Gasteiger partial charge in [0, 0.05) is 17.3 Å². The standard InChI is InChI=1S/C8H7ClN4S2/c9-8-6(12-13-15-8)4-14-7-2-1-5(10)3-11-7/h1-3H,4,10H2. The van der Waals surface area contributed by atoms with Gasteiger partial charge < -0.3 is 5.73 Å². The second-order valence-electron chi connectivity index (χ2n) is 2.71. The molecule has 0 aromatic carbocycles. The van der Waals surface area contributed by atoms with Crippen LogP contribution in [0.15, 0.2) is 23.4 Å². The van der Waals surface area contributed by atoms with Crippen molar-refractivity contribution in [2.24, 2.45) is 0 Å². The summed E-state index contributed by atoms with van der Waals surface area (Å²) in [6, 6.07) is 3.68. The van der Waals surface area contributed by atoms with E-state index < -0.39 is 0 Å². The van der Waals surface area contributed by atoms with E-state index in [1.807, 2.05) is 12.1 Å². The van der Waals surface area contributed by atoms with Crippen molar-refractivity contribution < 1.29 is 0 Å². The van der Waals surface area contributed by atoms with E-state index in [0.29, 0.717) is 15.8 Å². The fourth-order valence-corrected chi connectivity index (χ4v) is 2.48.